The molecule has 0 atom stereocenters. The highest BCUT2D eigenvalue weighted by atomic mass is 28.3. The van der Waals surface area contributed by atoms with Crippen LogP contribution in [0.2, 0.25) is 0 Å². The van der Waals surface area contributed by atoms with Crippen LogP contribution in [-0.4, -0.2) is 27.6 Å². The highest BCUT2D eigenvalue weighted by Gasteiger charge is 2.41. The lowest BCUT2D eigenvalue weighted by Crippen LogP contribution is -2.74. The number of nitrogens with zero attached hydrogens (tertiary/aromatic N) is 5. The van der Waals surface area contributed by atoms with E-state index >= 15 is 0 Å². The monoisotopic (exact) mass is 757 g/mol. The fourth-order valence-corrected chi connectivity index (χ4v) is 13.2. The zero-order valence-corrected chi connectivity index (χ0v) is 32.4. The first kappa shape index (κ1) is 34.7. The Hall–Kier alpha value is -7.72. The van der Waals surface area contributed by atoms with Crippen LogP contribution in [0.5, 0.6) is 0 Å². The number of rotatable bonds is 8. The van der Waals surface area contributed by atoms with Gasteiger partial charge in [-0.3, -0.25) is 4.57 Å². The SMILES string of the molecule is [C-]#[N+]c1ccc2c(c1)c1ccccc1n2-c1nc(-c2ccccc2)nc(-c2cccc([Si](c3ccccc3)(c3ccccc3)c3cccc(-c4ccccc4)c3)c2)n1. The maximum Gasteiger partial charge on any atom is 0.238 e. The molecule has 0 saturated heterocycles. The summed E-state index contributed by atoms with van der Waals surface area (Å²) in [5.41, 5.74) is 6.64. The maximum atomic E-state index is 7.71. The number of aromatic nitrogens is 4. The average molecular weight is 758 g/mol. The fourth-order valence-electron chi connectivity index (χ4n) is 8.39. The molecule has 2 heterocycles. The molecule has 0 aliphatic rings. The molecule has 5 nitrogen and oxygen atoms in total. The summed E-state index contributed by atoms with van der Waals surface area (Å²) in [6.07, 6.45) is 0. The van der Waals surface area contributed by atoms with Gasteiger partial charge in [-0.2, -0.15) is 9.97 Å². The van der Waals surface area contributed by atoms with Crippen LogP contribution in [0, 0.1) is 6.57 Å². The Labute approximate surface area is 338 Å². The zero-order chi connectivity index (χ0) is 38.9. The van der Waals surface area contributed by atoms with Gasteiger partial charge >= 0.3 is 0 Å². The zero-order valence-electron chi connectivity index (χ0n) is 31.4. The van der Waals surface area contributed by atoms with Crippen molar-refractivity contribution in [2.75, 3.05) is 0 Å². The van der Waals surface area contributed by atoms with Crippen LogP contribution < -0.4 is 20.7 Å². The molecular weight excluding hydrogens is 723 g/mol. The van der Waals surface area contributed by atoms with Crippen molar-refractivity contribution in [3.8, 4) is 39.9 Å². The second-order valence-electron chi connectivity index (χ2n) is 14.3. The molecule has 0 amide bonds. The molecular formula is C52H35N5Si. The molecule has 10 rings (SSSR count). The van der Waals surface area contributed by atoms with Gasteiger partial charge in [-0.15, -0.1) is 0 Å². The Bertz CT molecular complexity index is 3080. The highest BCUT2D eigenvalue weighted by Crippen LogP contribution is 2.34. The van der Waals surface area contributed by atoms with E-state index in [-0.39, 0.29) is 0 Å². The van der Waals surface area contributed by atoms with Gasteiger partial charge < -0.3 is 0 Å². The Kier molecular flexibility index (Phi) is 8.83. The molecule has 10 aromatic rings. The van der Waals surface area contributed by atoms with E-state index in [4.69, 9.17) is 21.5 Å². The Balaban J connectivity index is 1.24. The highest BCUT2D eigenvalue weighted by molar-refractivity contribution is 7.20. The summed E-state index contributed by atoms with van der Waals surface area (Å²) in [5.74, 6) is 1.68. The third-order valence-corrected chi connectivity index (χ3v) is 15.8. The minimum Gasteiger partial charge on any atom is -0.278 e. The van der Waals surface area contributed by atoms with Gasteiger partial charge in [0.2, 0.25) is 5.95 Å². The van der Waals surface area contributed by atoms with Crippen molar-refractivity contribution in [3.63, 3.8) is 0 Å². The lowest BCUT2D eigenvalue weighted by atomic mass is 10.1. The smallest absolute Gasteiger partial charge is 0.238 e. The van der Waals surface area contributed by atoms with E-state index in [1.165, 1.54) is 31.9 Å². The van der Waals surface area contributed by atoms with E-state index in [1.54, 1.807) is 0 Å². The minimum absolute atomic E-state index is 0.515. The Morgan fingerprint density at radius 1 is 0.379 bits per heavy atom. The van der Waals surface area contributed by atoms with Gasteiger partial charge in [0.1, 0.15) is 0 Å². The van der Waals surface area contributed by atoms with Crippen molar-refractivity contribution in [3.05, 3.63) is 224 Å². The molecule has 0 saturated carbocycles. The number of hydrogen-bond donors (Lipinski definition) is 0. The van der Waals surface area contributed by atoms with Crippen molar-refractivity contribution in [2.45, 2.75) is 0 Å². The molecule has 2 aromatic heterocycles. The number of para-hydroxylation sites is 1. The van der Waals surface area contributed by atoms with Crippen LogP contribution in [0.15, 0.2) is 212 Å². The van der Waals surface area contributed by atoms with Crippen molar-refractivity contribution >= 4 is 56.3 Å². The summed E-state index contributed by atoms with van der Waals surface area (Å²) in [7, 11) is -2.95. The Morgan fingerprint density at radius 3 is 1.50 bits per heavy atom. The second kappa shape index (κ2) is 14.7. The molecule has 58 heavy (non-hydrogen) atoms. The lowest BCUT2D eigenvalue weighted by Gasteiger charge is -2.35. The maximum absolute atomic E-state index is 7.71. The number of fused-ring (bicyclic) bond motifs is 3. The van der Waals surface area contributed by atoms with Gasteiger partial charge in [0.15, 0.2) is 25.4 Å². The van der Waals surface area contributed by atoms with Gasteiger partial charge in [0.25, 0.3) is 0 Å². The first-order valence-electron chi connectivity index (χ1n) is 19.3. The third-order valence-electron chi connectivity index (χ3n) is 11.0. The van der Waals surface area contributed by atoms with Crippen LogP contribution in [0.3, 0.4) is 0 Å². The molecule has 6 heteroatoms. The van der Waals surface area contributed by atoms with Gasteiger partial charge in [0, 0.05) is 16.5 Å². The molecule has 0 spiro atoms. The van der Waals surface area contributed by atoms with Crippen molar-refractivity contribution in [1.82, 2.24) is 19.5 Å². The van der Waals surface area contributed by atoms with E-state index in [2.05, 4.69) is 161 Å². The average Bonchev–Trinajstić information content (AvgIpc) is 3.64. The van der Waals surface area contributed by atoms with E-state index in [0.717, 1.165) is 32.9 Å². The van der Waals surface area contributed by atoms with Crippen molar-refractivity contribution < 1.29 is 0 Å². The third kappa shape index (κ3) is 5.98. The molecule has 8 aromatic carbocycles. The van der Waals surface area contributed by atoms with Crippen LogP contribution >= 0.6 is 0 Å². The molecule has 0 fully saturated rings. The summed E-state index contributed by atoms with van der Waals surface area (Å²) in [6, 6.07) is 74.7. The van der Waals surface area contributed by atoms with Crippen molar-refractivity contribution in [1.29, 1.82) is 0 Å². The largest absolute Gasteiger partial charge is 0.278 e. The Morgan fingerprint density at radius 2 is 0.862 bits per heavy atom. The summed E-state index contributed by atoms with van der Waals surface area (Å²) in [6.45, 7) is 7.71. The molecule has 272 valence electrons. The fraction of sp³-hybridized carbons (Fsp3) is 0. The molecule has 0 aliphatic heterocycles. The van der Waals surface area contributed by atoms with E-state index in [9.17, 15) is 0 Å². The van der Waals surface area contributed by atoms with Crippen LogP contribution in [0.1, 0.15) is 0 Å². The summed E-state index contributed by atoms with van der Waals surface area (Å²) >= 11 is 0. The van der Waals surface area contributed by atoms with Crippen LogP contribution in [-0.2, 0) is 0 Å². The predicted molar refractivity (Wildman–Crippen MR) is 240 cm³/mol. The molecule has 0 bridgehead atoms. The van der Waals surface area contributed by atoms with E-state index < -0.39 is 8.07 Å². The number of hydrogen-bond acceptors (Lipinski definition) is 3. The minimum atomic E-state index is -2.95. The topological polar surface area (TPSA) is 48.0 Å². The van der Waals surface area contributed by atoms with Gasteiger partial charge in [-0.1, -0.05) is 194 Å². The summed E-state index contributed by atoms with van der Waals surface area (Å²) < 4.78 is 2.10. The molecule has 0 aliphatic carbocycles. The number of benzene rings is 8. The molecule has 0 N–H and O–H groups in total. The normalized spacial score (nSPS) is 11.4. The first-order chi connectivity index (χ1) is 28.7. The predicted octanol–water partition coefficient (Wildman–Crippen LogP) is 9.90. The van der Waals surface area contributed by atoms with E-state index in [1.807, 2.05) is 60.7 Å². The van der Waals surface area contributed by atoms with Crippen LogP contribution in [0.4, 0.5) is 5.69 Å². The first-order valence-corrected chi connectivity index (χ1v) is 21.3. The quantitative estimate of drug-likeness (QED) is 0.0882. The van der Waals surface area contributed by atoms with Gasteiger partial charge in [-0.25, -0.2) is 9.83 Å². The second-order valence-corrected chi connectivity index (χ2v) is 18.1. The molecule has 0 unspecified atom stereocenters. The van der Waals surface area contributed by atoms with Gasteiger partial charge in [-0.05, 0) is 55.5 Å². The van der Waals surface area contributed by atoms with Crippen LogP contribution in [0.25, 0.3) is 66.5 Å². The lowest BCUT2D eigenvalue weighted by molar-refractivity contribution is 0.953. The summed E-state index contributed by atoms with van der Waals surface area (Å²) in [5, 5.41) is 7.09. The van der Waals surface area contributed by atoms with E-state index in [0.29, 0.717) is 23.3 Å². The van der Waals surface area contributed by atoms with Crippen molar-refractivity contribution in [2.24, 2.45) is 0 Å². The standard InChI is InChI=1S/C52H35N5Si/c1-53-41-32-33-49-47(36-41)46-30-14-15-31-48(46)57(49)52-55-50(38-20-8-3-9-21-38)54-51(56-52)40-23-17-29-45(35-40)58(42-24-10-4-11-25-42,43-26-12-5-13-27-43)44-28-16-22-39(34-44)37-18-6-2-7-19-37/h2-36H. The molecule has 0 radical (unpaired) electrons. The summed E-state index contributed by atoms with van der Waals surface area (Å²) in [4.78, 5) is 19.4. The van der Waals surface area contributed by atoms with Gasteiger partial charge in [0.05, 0.1) is 17.6 Å².